The van der Waals surface area contributed by atoms with Crippen molar-refractivity contribution in [2.45, 2.75) is 45.4 Å². The van der Waals surface area contributed by atoms with Gasteiger partial charge in [-0.15, -0.1) is 0 Å². The third kappa shape index (κ3) is 10.9. The predicted octanol–water partition coefficient (Wildman–Crippen LogP) is 3.21. The molecule has 0 aromatic heterocycles. The minimum atomic E-state index is 0.305. The molecule has 0 aliphatic rings. The largest absolute Gasteiger partial charge is 0.386 e. The molecule has 0 atom stereocenters. The highest BCUT2D eigenvalue weighted by Crippen LogP contribution is 2.05. The van der Waals surface area contributed by atoms with Gasteiger partial charge in [-0.1, -0.05) is 32.4 Å². The van der Waals surface area contributed by atoms with Gasteiger partial charge in [0, 0.05) is 18.7 Å². The molecule has 2 heteroatoms. The van der Waals surface area contributed by atoms with Crippen LogP contribution in [0.15, 0.2) is 24.9 Å². The Bertz CT molecular complexity index is 209. The Morgan fingerprint density at radius 1 is 1.20 bits per heavy atom. The van der Waals surface area contributed by atoms with Crippen molar-refractivity contribution in [3.8, 4) is 0 Å². The Morgan fingerprint density at radius 3 is 2.40 bits per heavy atom. The first-order valence-electron chi connectivity index (χ1n) is 5.71. The lowest BCUT2D eigenvalue weighted by Crippen LogP contribution is -2.11. The third-order valence-electron chi connectivity index (χ3n) is 2.30. The van der Waals surface area contributed by atoms with E-state index in [1.807, 2.05) is 0 Å². The number of carbonyl (C=O) groups excluding carboxylic acids is 1. The van der Waals surface area contributed by atoms with Crippen molar-refractivity contribution in [1.82, 2.24) is 5.32 Å². The van der Waals surface area contributed by atoms with Crippen LogP contribution in [0.25, 0.3) is 0 Å². The molecule has 0 rings (SSSR count). The summed E-state index contributed by atoms with van der Waals surface area (Å²) in [6.07, 6.45) is 8.28. The highest BCUT2D eigenvalue weighted by atomic mass is 16.1. The zero-order valence-corrected chi connectivity index (χ0v) is 9.85. The second kappa shape index (κ2) is 9.50. The molecular formula is C13H23NO. The molecule has 1 N–H and O–H groups in total. The van der Waals surface area contributed by atoms with E-state index in [4.69, 9.17) is 0 Å². The molecule has 0 aliphatic heterocycles. The summed E-state index contributed by atoms with van der Waals surface area (Å²) in [4.78, 5) is 10.7. The van der Waals surface area contributed by atoms with Crippen LogP contribution in [0.1, 0.15) is 45.4 Å². The molecule has 15 heavy (non-hydrogen) atoms. The zero-order chi connectivity index (χ0) is 11.5. The smallest absolute Gasteiger partial charge is 0.129 e. The van der Waals surface area contributed by atoms with Crippen molar-refractivity contribution < 1.29 is 4.79 Å². The SMILES string of the molecule is C=CC(=C)NCCCCCCCC(C)=O. The molecule has 0 spiro atoms. The summed E-state index contributed by atoms with van der Waals surface area (Å²) in [5, 5.41) is 3.17. The van der Waals surface area contributed by atoms with Gasteiger partial charge >= 0.3 is 0 Å². The molecule has 0 amide bonds. The maximum absolute atomic E-state index is 10.7. The molecule has 0 aromatic rings. The van der Waals surface area contributed by atoms with Crippen LogP contribution in [0, 0.1) is 0 Å². The second-order valence-electron chi connectivity index (χ2n) is 3.88. The number of allylic oxidation sites excluding steroid dienone is 1. The van der Waals surface area contributed by atoms with E-state index in [2.05, 4.69) is 18.5 Å². The molecule has 0 saturated carbocycles. The van der Waals surface area contributed by atoms with Crippen LogP contribution in [-0.4, -0.2) is 12.3 Å². The molecule has 0 aromatic carbocycles. The van der Waals surface area contributed by atoms with E-state index in [1.54, 1.807) is 13.0 Å². The van der Waals surface area contributed by atoms with Crippen LogP contribution in [0.3, 0.4) is 0 Å². The van der Waals surface area contributed by atoms with Crippen molar-refractivity contribution in [3.63, 3.8) is 0 Å². The van der Waals surface area contributed by atoms with E-state index < -0.39 is 0 Å². The fourth-order valence-electron chi connectivity index (χ4n) is 1.35. The lowest BCUT2D eigenvalue weighted by Gasteiger charge is -2.04. The predicted molar refractivity (Wildman–Crippen MR) is 65.7 cm³/mol. The van der Waals surface area contributed by atoms with Gasteiger partial charge in [0.15, 0.2) is 0 Å². The van der Waals surface area contributed by atoms with E-state index in [0.717, 1.165) is 31.5 Å². The highest BCUT2D eigenvalue weighted by molar-refractivity contribution is 5.75. The van der Waals surface area contributed by atoms with Crippen molar-refractivity contribution in [3.05, 3.63) is 24.9 Å². The van der Waals surface area contributed by atoms with Gasteiger partial charge in [-0.25, -0.2) is 0 Å². The summed E-state index contributed by atoms with van der Waals surface area (Å²) in [6, 6.07) is 0. The lowest BCUT2D eigenvalue weighted by atomic mass is 10.1. The fraction of sp³-hybridized carbons (Fsp3) is 0.615. The monoisotopic (exact) mass is 209 g/mol. The molecule has 0 unspecified atom stereocenters. The number of ketones is 1. The van der Waals surface area contributed by atoms with Crippen LogP contribution >= 0.6 is 0 Å². The van der Waals surface area contributed by atoms with Gasteiger partial charge in [-0.2, -0.15) is 0 Å². The van der Waals surface area contributed by atoms with E-state index in [0.29, 0.717) is 5.78 Å². The normalized spacial score (nSPS) is 9.67. The maximum Gasteiger partial charge on any atom is 0.129 e. The molecule has 0 bridgehead atoms. The van der Waals surface area contributed by atoms with Gasteiger partial charge < -0.3 is 10.1 Å². The Morgan fingerprint density at radius 2 is 1.80 bits per heavy atom. The molecule has 0 heterocycles. The summed E-state index contributed by atoms with van der Waals surface area (Å²) in [7, 11) is 0. The van der Waals surface area contributed by atoms with Gasteiger partial charge in [-0.05, 0) is 25.8 Å². The summed E-state index contributed by atoms with van der Waals surface area (Å²) in [6.45, 7) is 10.0. The minimum Gasteiger partial charge on any atom is -0.386 e. The van der Waals surface area contributed by atoms with Crippen molar-refractivity contribution in [2.24, 2.45) is 0 Å². The number of rotatable bonds is 10. The number of hydrogen-bond donors (Lipinski definition) is 1. The van der Waals surface area contributed by atoms with Crippen molar-refractivity contribution in [1.29, 1.82) is 0 Å². The Kier molecular flexibility index (Phi) is 8.84. The standard InChI is InChI=1S/C13H23NO/c1-4-12(2)14-11-9-7-5-6-8-10-13(3)15/h4,14H,1-2,5-11H2,3H3. The Balaban J connectivity index is 3.08. The first-order valence-corrected chi connectivity index (χ1v) is 5.71. The van der Waals surface area contributed by atoms with E-state index >= 15 is 0 Å². The third-order valence-corrected chi connectivity index (χ3v) is 2.30. The second-order valence-corrected chi connectivity index (χ2v) is 3.88. The van der Waals surface area contributed by atoms with Gasteiger partial charge in [0.25, 0.3) is 0 Å². The van der Waals surface area contributed by atoms with Crippen LogP contribution in [-0.2, 0) is 4.79 Å². The molecular weight excluding hydrogens is 186 g/mol. The molecule has 86 valence electrons. The topological polar surface area (TPSA) is 29.1 Å². The number of hydrogen-bond acceptors (Lipinski definition) is 2. The molecule has 0 aliphatic carbocycles. The summed E-state index contributed by atoms with van der Waals surface area (Å²) < 4.78 is 0. The number of nitrogens with one attached hydrogen (secondary N) is 1. The molecule has 0 fully saturated rings. The Hall–Kier alpha value is -1.05. The number of unbranched alkanes of at least 4 members (excludes halogenated alkanes) is 4. The van der Waals surface area contributed by atoms with E-state index in [9.17, 15) is 4.79 Å². The summed E-state index contributed by atoms with van der Waals surface area (Å²) in [5.41, 5.74) is 0.895. The van der Waals surface area contributed by atoms with Crippen LogP contribution < -0.4 is 5.32 Å². The van der Waals surface area contributed by atoms with Gasteiger partial charge in [0.1, 0.15) is 5.78 Å². The van der Waals surface area contributed by atoms with Crippen LogP contribution in [0.5, 0.6) is 0 Å². The zero-order valence-electron chi connectivity index (χ0n) is 9.85. The van der Waals surface area contributed by atoms with Crippen LogP contribution in [0.4, 0.5) is 0 Å². The fourth-order valence-corrected chi connectivity index (χ4v) is 1.35. The van der Waals surface area contributed by atoms with E-state index in [-0.39, 0.29) is 0 Å². The van der Waals surface area contributed by atoms with Gasteiger partial charge in [0.2, 0.25) is 0 Å². The summed E-state index contributed by atoms with van der Waals surface area (Å²) >= 11 is 0. The van der Waals surface area contributed by atoms with Crippen molar-refractivity contribution >= 4 is 5.78 Å². The van der Waals surface area contributed by atoms with Crippen LogP contribution in [0.2, 0.25) is 0 Å². The number of Topliss-reactive ketones (excluding diaryl/α,β-unsaturated/α-hetero) is 1. The molecule has 0 saturated heterocycles. The maximum atomic E-state index is 10.7. The summed E-state index contributed by atoms with van der Waals surface area (Å²) in [5.74, 6) is 0.305. The molecule has 2 nitrogen and oxygen atoms in total. The van der Waals surface area contributed by atoms with Gasteiger partial charge in [0.05, 0.1) is 0 Å². The lowest BCUT2D eigenvalue weighted by molar-refractivity contribution is -0.117. The van der Waals surface area contributed by atoms with E-state index in [1.165, 1.54) is 19.3 Å². The average Bonchev–Trinajstić information content (AvgIpc) is 2.21. The Labute approximate surface area is 93.5 Å². The minimum absolute atomic E-state index is 0.305. The van der Waals surface area contributed by atoms with Gasteiger partial charge in [-0.3, -0.25) is 0 Å². The highest BCUT2D eigenvalue weighted by Gasteiger charge is 1.94. The van der Waals surface area contributed by atoms with Crippen molar-refractivity contribution in [2.75, 3.05) is 6.54 Å². The molecule has 0 radical (unpaired) electrons. The number of carbonyl (C=O) groups is 1. The quantitative estimate of drug-likeness (QED) is 0.442. The first kappa shape index (κ1) is 13.9. The first-order chi connectivity index (χ1) is 7.16. The average molecular weight is 209 g/mol.